The molecular weight excluding hydrogens is 432 g/mol. The zero-order valence-corrected chi connectivity index (χ0v) is 18.9. The van der Waals surface area contributed by atoms with Crippen molar-refractivity contribution in [3.05, 3.63) is 88.5 Å². The second-order valence-electron chi connectivity index (χ2n) is 9.12. The van der Waals surface area contributed by atoms with E-state index in [4.69, 9.17) is 0 Å². The number of nitrogens with one attached hydrogen (secondary N) is 1. The summed E-state index contributed by atoms with van der Waals surface area (Å²) in [5.74, 6) is -0.394. The van der Waals surface area contributed by atoms with Crippen molar-refractivity contribution >= 4 is 16.9 Å². The molecule has 8 nitrogen and oxygen atoms in total. The van der Waals surface area contributed by atoms with E-state index in [0.29, 0.717) is 33.5 Å². The number of pyridine rings is 3. The molecule has 34 heavy (non-hydrogen) atoms. The minimum absolute atomic E-state index is 0.0547. The lowest BCUT2D eigenvalue weighted by Crippen LogP contribution is -2.33. The summed E-state index contributed by atoms with van der Waals surface area (Å²) in [5.41, 5.74) is 1.50. The third-order valence-electron chi connectivity index (χ3n) is 5.98. The maximum absolute atomic E-state index is 13.0. The van der Waals surface area contributed by atoms with E-state index in [0.717, 1.165) is 17.6 Å². The highest BCUT2D eigenvalue weighted by molar-refractivity contribution is 5.97. The quantitative estimate of drug-likeness (QED) is 0.315. The van der Waals surface area contributed by atoms with Gasteiger partial charge in [-0.15, -0.1) is 0 Å². The van der Waals surface area contributed by atoms with Gasteiger partial charge in [0.2, 0.25) is 11.6 Å². The lowest BCUT2D eigenvalue weighted by atomic mass is 9.97. The van der Waals surface area contributed by atoms with Gasteiger partial charge < -0.3 is 15.0 Å². The van der Waals surface area contributed by atoms with E-state index in [-0.39, 0.29) is 17.0 Å². The maximum atomic E-state index is 13.0. The number of aliphatic hydroxyl groups is 1. The lowest BCUT2D eigenvalue weighted by molar-refractivity contribution is -0.896. The molecule has 1 aromatic carbocycles. The summed E-state index contributed by atoms with van der Waals surface area (Å²) in [5, 5.41) is 24.1. The third-order valence-corrected chi connectivity index (χ3v) is 5.98. The second-order valence-corrected chi connectivity index (χ2v) is 9.12. The standard InChI is InChI=1S/C26H24N4O4/c1-26(2,33)17-10-12-30(34)22(14-17)16-5-3-6-19(13-16)29-15-21(25(32)28-18-8-9-18)23(31)20-7-4-11-27-24(20)29/h3-7,10-15,18,33H,8-9H2,1-2H3,(H-,28,32,34)/p+1. The van der Waals surface area contributed by atoms with E-state index in [9.17, 15) is 19.9 Å². The summed E-state index contributed by atoms with van der Waals surface area (Å²) < 4.78 is 2.70. The topological polar surface area (TPSA) is 108 Å². The molecule has 3 heterocycles. The molecule has 0 unspecified atom stereocenters. The number of fused-ring (bicyclic) bond motifs is 1. The average molecular weight is 458 g/mol. The number of nitrogens with zero attached hydrogens (tertiary/aromatic N) is 3. The van der Waals surface area contributed by atoms with Gasteiger partial charge in [-0.3, -0.25) is 14.8 Å². The molecule has 172 valence electrons. The van der Waals surface area contributed by atoms with Crippen LogP contribution in [0, 0.1) is 0 Å². The predicted molar refractivity (Wildman–Crippen MR) is 126 cm³/mol. The van der Waals surface area contributed by atoms with Crippen LogP contribution in [0.5, 0.6) is 0 Å². The molecule has 0 radical (unpaired) electrons. The van der Waals surface area contributed by atoms with Gasteiger partial charge in [0.15, 0.2) is 0 Å². The molecule has 0 spiro atoms. The highest BCUT2D eigenvalue weighted by Gasteiger charge is 2.26. The van der Waals surface area contributed by atoms with E-state index in [1.165, 1.54) is 12.4 Å². The number of amides is 1. The smallest absolute Gasteiger partial charge is 0.264 e. The Bertz CT molecular complexity index is 1480. The Morgan fingerprint density at radius 1 is 1.18 bits per heavy atom. The van der Waals surface area contributed by atoms with Crippen LogP contribution in [0.2, 0.25) is 0 Å². The molecule has 1 aliphatic rings. The molecule has 0 saturated heterocycles. The van der Waals surface area contributed by atoms with Crippen molar-refractivity contribution in [2.24, 2.45) is 0 Å². The number of rotatable bonds is 5. The van der Waals surface area contributed by atoms with Crippen molar-refractivity contribution in [3.8, 4) is 16.9 Å². The van der Waals surface area contributed by atoms with E-state index < -0.39 is 11.5 Å². The summed E-state index contributed by atoms with van der Waals surface area (Å²) in [4.78, 5) is 30.3. The predicted octanol–water partition coefficient (Wildman–Crippen LogP) is 2.70. The highest BCUT2D eigenvalue weighted by atomic mass is 16.5. The van der Waals surface area contributed by atoms with E-state index >= 15 is 0 Å². The molecule has 1 saturated carbocycles. The third kappa shape index (κ3) is 4.04. The van der Waals surface area contributed by atoms with Crippen molar-refractivity contribution in [2.45, 2.75) is 38.3 Å². The zero-order valence-electron chi connectivity index (χ0n) is 18.9. The minimum atomic E-state index is -1.08. The van der Waals surface area contributed by atoms with Crippen LogP contribution in [0.15, 0.2) is 71.9 Å². The van der Waals surface area contributed by atoms with Gasteiger partial charge in [0.1, 0.15) is 11.2 Å². The van der Waals surface area contributed by atoms with Gasteiger partial charge in [0.25, 0.3) is 11.6 Å². The van der Waals surface area contributed by atoms with Crippen molar-refractivity contribution in [2.75, 3.05) is 0 Å². The molecule has 5 rings (SSSR count). The molecule has 1 amide bonds. The molecule has 1 aliphatic carbocycles. The Kier molecular flexibility index (Phi) is 5.17. The minimum Gasteiger partial charge on any atom is -0.386 e. The van der Waals surface area contributed by atoms with Crippen LogP contribution in [-0.4, -0.2) is 31.8 Å². The number of hydrogen-bond donors (Lipinski definition) is 3. The van der Waals surface area contributed by atoms with Crippen molar-refractivity contribution in [3.63, 3.8) is 0 Å². The fourth-order valence-electron chi connectivity index (χ4n) is 3.91. The van der Waals surface area contributed by atoms with E-state index in [1.54, 1.807) is 48.9 Å². The fourth-order valence-corrected chi connectivity index (χ4v) is 3.91. The summed E-state index contributed by atoms with van der Waals surface area (Å²) in [6.07, 6.45) is 6.44. The molecule has 8 heteroatoms. The molecule has 0 aliphatic heterocycles. The molecule has 0 bridgehead atoms. The van der Waals surface area contributed by atoms with Crippen LogP contribution in [0.4, 0.5) is 0 Å². The average Bonchev–Trinajstić information content (AvgIpc) is 3.63. The number of benzene rings is 1. The number of aromatic nitrogens is 3. The van der Waals surface area contributed by atoms with Gasteiger partial charge in [-0.2, -0.15) is 0 Å². The summed E-state index contributed by atoms with van der Waals surface area (Å²) >= 11 is 0. The van der Waals surface area contributed by atoms with Crippen LogP contribution in [0.3, 0.4) is 0 Å². The van der Waals surface area contributed by atoms with Crippen LogP contribution in [0.1, 0.15) is 42.6 Å². The van der Waals surface area contributed by atoms with Gasteiger partial charge in [-0.05, 0) is 62.6 Å². The van der Waals surface area contributed by atoms with Crippen LogP contribution < -0.4 is 15.5 Å². The Balaban J connectivity index is 1.67. The second kappa shape index (κ2) is 8.07. The Labute approximate surface area is 195 Å². The van der Waals surface area contributed by atoms with Crippen LogP contribution in [-0.2, 0) is 5.60 Å². The maximum Gasteiger partial charge on any atom is 0.264 e. The van der Waals surface area contributed by atoms with Gasteiger partial charge in [0.05, 0.1) is 16.6 Å². The summed E-state index contributed by atoms with van der Waals surface area (Å²) in [7, 11) is 0. The zero-order chi connectivity index (χ0) is 24.0. The first kappa shape index (κ1) is 21.8. The van der Waals surface area contributed by atoms with Crippen LogP contribution in [0.25, 0.3) is 28.0 Å². The molecule has 0 atom stereocenters. The molecule has 3 N–H and O–H groups in total. The summed E-state index contributed by atoms with van der Waals surface area (Å²) in [6, 6.07) is 14.1. The normalized spacial score (nSPS) is 13.7. The van der Waals surface area contributed by atoms with Gasteiger partial charge in [-0.25, -0.2) is 4.98 Å². The number of carbonyl (C=O) groups excluding carboxylic acids is 1. The highest BCUT2D eigenvalue weighted by Crippen LogP contribution is 2.26. The van der Waals surface area contributed by atoms with Crippen LogP contribution >= 0.6 is 0 Å². The Hall–Kier alpha value is -4.04. The van der Waals surface area contributed by atoms with Gasteiger partial charge in [0, 0.05) is 41.0 Å². The van der Waals surface area contributed by atoms with E-state index in [2.05, 4.69) is 10.3 Å². The molecule has 1 fully saturated rings. The van der Waals surface area contributed by atoms with Crippen molar-refractivity contribution in [1.82, 2.24) is 14.9 Å². The molecular formula is C26H25N4O4+. The van der Waals surface area contributed by atoms with Gasteiger partial charge in [-0.1, -0.05) is 6.07 Å². The Morgan fingerprint density at radius 3 is 2.71 bits per heavy atom. The number of carbonyl (C=O) groups is 1. The fraction of sp³-hybridized carbons (Fsp3) is 0.231. The first-order valence-electron chi connectivity index (χ1n) is 11.1. The first-order chi connectivity index (χ1) is 16.2. The number of hydrogen-bond acceptors (Lipinski definition) is 5. The molecule has 3 aromatic heterocycles. The van der Waals surface area contributed by atoms with E-state index in [1.807, 2.05) is 24.3 Å². The Morgan fingerprint density at radius 2 is 1.97 bits per heavy atom. The summed E-state index contributed by atoms with van der Waals surface area (Å²) in [6.45, 7) is 3.35. The van der Waals surface area contributed by atoms with Gasteiger partial charge >= 0.3 is 0 Å². The van der Waals surface area contributed by atoms with Crippen molar-refractivity contribution < 1.29 is 19.8 Å². The lowest BCUT2D eigenvalue weighted by Gasteiger charge is -2.17. The SMILES string of the molecule is CC(C)(O)c1cc[n+](O)c(-c2cccc(-n3cc(C(=O)NC4CC4)c(=O)c4cccnc43)c2)c1. The largest absolute Gasteiger partial charge is 0.386 e. The molecule has 4 aromatic rings. The monoisotopic (exact) mass is 457 g/mol. The first-order valence-corrected chi connectivity index (χ1v) is 11.1. The van der Waals surface area contributed by atoms with Crippen molar-refractivity contribution in [1.29, 1.82) is 0 Å².